The molecule has 2 aromatic rings. The van der Waals surface area contributed by atoms with Crippen molar-refractivity contribution in [2.75, 3.05) is 17.1 Å². The first kappa shape index (κ1) is 20.9. The fourth-order valence-electron chi connectivity index (χ4n) is 2.78. The Hall–Kier alpha value is -2.41. The van der Waals surface area contributed by atoms with Crippen LogP contribution in [0.15, 0.2) is 42.5 Å². The van der Waals surface area contributed by atoms with Gasteiger partial charge in [0.1, 0.15) is 12.4 Å². The summed E-state index contributed by atoms with van der Waals surface area (Å²) in [5.74, 6) is -0.896. The first-order valence-electron chi connectivity index (χ1n) is 8.71. The third-order valence-electron chi connectivity index (χ3n) is 4.48. The van der Waals surface area contributed by atoms with Gasteiger partial charge in [0.2, 0.25) is 15.9 Å². The van der Waals surface area contributed by atoms with E-state index in [1.165, 1.54) is 17.7 Å². The van der Waals surface area contributed by atoms with Gasteiger partial charge in [-0.25, -0.2) is 12.8 Å². The SMILES string of the molecule is CC[C@H](NC(=O)CN(c1ccc(F)cc1)S(C)(=O)=O)c1ccc(C)c(C)c1. The molecule has 0 aliphatic carbocycles. The van der Waals surface area contributed by atoms with E-state index >= 15 is 0 Å². The van der Waals surface area contributed by atoms with Gasteiger partial charge in [-0.2, -0.15) is 0 Å². The van der Waals surface area contributed by atoms with Gasteiger partial charge >= 0.3 is 0 Å². The number of carbonyl (C=O) groups is 1. The van der Waals surface area contributed by atoms with Gasteiger partial charge in [0, 0.05) is 0 Å². The molecular formula is C20H25FN2O3S. The number of sulfonamides is 1. The van der Waals surface area contributed by atoms with Crippen LogP contribution in [0.3, 0.4) is 0 Å². The van der Waals surface area contributed by atoms with Crippen LogP contribution in [-0.4, -0.2) is 27.1 Å². The van der Waals surface area contributed by atoms with Crippen molar-refractivity contribution in [3.8, 4) is 0 Å². The molecule has 1 N–H and O–H groups in total. The van der Waals surface area contributed by atoms with Crippen molar-refractivity contribution >= 4 is 21.6 Å². The second kappa shape index (κ2) is 8.52. The van der Waals surface area contributed by atoms with E-state index in [4.69, 9.17) is 0 Å². The second-order valence-corrected chi connectivity index (χ2v) is 8.52. The highest BCUT2D eigenvalue weighted by atomic mass is 32.2. The number of benzene rings is 2. The van der Waals surface area contributed by atoms with Crippen molar-refractivity contribution in [3.63, 3.8) is 0 Å². The van der Waals surface area contributed by atoms with Crippen LogP contribution in [0.2, 0.25) is 0 Å². The number of halogens is 1. The fraction of sp³-hybridized carbons (Fsp3) is 0.350. The van der Waals surface area contributed by atoms with Crippen molar-refractivity contribution in [2.45, 2.75) is 33.2 Å². The van der Waals surface area contributed by atoms with Crippen LogP contribution in [0.1, 0.15) is 36.1 Å². The maximum Gasteiger partial charge on any atom is 0.241 e. The smallest absolute Gasteiger partial charge is 0.241 e. The zero-order valence-electron chi connectivity index (χ0n) is 16.0. The third-order valence-corrected chi connectivity index (χ3v) is 5.62. The van der Waals surface area contributed by atoms with Gasteiger partial charge < -0.3 is 5.32 Å². The Morgan fingerprint density at radius 3 is 2.26 bits per heavy atom. The minimum Gasteiger partial charge on any atom is -0.348 e. The molecule has 0 radical (unpaired) electrons. The number of hydrogen-bond donors (Lipinski definition) is 1. The van der Waals surface area contributed by atoms with Gasteiger partial charge in [-0.15, -0.1) is 0 Å². The Kier molecular flexibility index (Phi) is 6.59. The summed E-state index contributed by atoms with van der Waals surface area (Å²) in [4.78, 5) is 12.5. The molecule has 2 aromatic carbocycles. The lowest BCUT2D eigenvalue weighted by Crippen LogP contribution is -2.41. The molecule has 0 heterocycles. The maximum absolute atomic E-state index is 13.1. The summed E-state index contributed by atoms with van der Waals surface area (Å²) in [6, 6.07) is 10.8. The Bertz CT molecular complexity index is 911. The number of carbonyl (C=O) groups excluding carboxylic acids is 1. The number of nitrogens with one attached hydrogen (secondary N) is 1. The lowest BCUT2D eigenvalue weighted by atomic mass is 9.99. The number of anilines is 1. The van der Waals surface area contributed by atoms with Crippen molar-refractivity contribution in [1.82, 2.24) is 5.32 Å². The van der Waals surface area contributed by atoms with E-state index in [1.807, 2.05) is 39.0 Å². The second-order valence-electron chi connectivity index (χ2n) is 6.62. The van der Waals surface area contributed by atoms with Gasteiger partial charge in [-0.3, -0.25) is 9.10 Å². The molecular weight excluding hydrogens is 367 g/mol. The van der Waals surface area contributed by atoms with Gasteiger partial charge in [0.15, 0.2) is 0 Å². The van der Waals surface area contributed by atoms with Gasteiger partial charge in [0.25, 0.3) is 0 Å². The molecule has 7 heteroatoms. The topological polar surface area (TPSA) is 66.5 Å². The molecule has 0 bridgehead atoms. The standard InChI is InChI=1S/C20H25FN2O3S/c1-5-19(16-7-6-14(2)15(3)12-16)22-20(24)13-23(27(4,25)26)18-10-8-17(21)9-11-18/h6-12,19H,5,13H2,1-4H3,(H,22,24)/t19-/m0/s1. The third kappa shape index (κ3) is 5.53. The van der Waals surface area contributed by atoms with E-state index in [1.54, 1.807) is 0 Å². The summed E-state index contributed by atoms with van der Waals surface area (Å²) in [7, 11) is -3.70. The Morgan fingerprint density at radius 2 is 1.74 bits per heavy atom. The number of hydrogen-bond acceptors (Lipinski definition) is 3. The first-order chi connectivity index (χ1) is 12.6. The molecule has 0 aliphatic heterocycles. The average Bonchev–Trinajstić information content (AvgIpc) is 2.60. The monoisotopic (exact) mass is 392 g/mol. The highest BCUT2D eigenvalue weighted by Crippen LogP contribution is 2.21. The van der Waals surface area contributed by atoms with Gasteiger partial charge in [-0.1, -0.05) is 25.1 Å². The normalized spacial score (nSPS) is 12.5. The Balaban J connectivity index is 2.19. The Morgan fingerprint density at radius 1 is 1.11 bits per heavy atom. The van der Waals surface area contributed by atoms with Crippen molar-refractivity contribution in [1.29, 1.82) is 0 Å². The maximum atomic E-state index is 13.1. The number of aryl methyl sites for hydroxylation is 2. The molecule has 0 fully saturated rings. The van der Waals surface area contributed by atoms with Crippen LogP contribution in [0, 0.1) is 19.7 Å². The van der Waals surface area contributed by atoms with E-state index in [0.29, 0.717) is 6.42 Å². The molecule has 146 valence electrons. The quantitative estimate of drug-likeness (QED) is 0.785. The number of nitrogens with zero attached hydrogens (tertiary/aromatic N) is 1. The molecule has 0 saturated heterocycles. The lowest BCUT2D eigenvalue weighted by molar-refractivity contribution is -0.120. The van der Waals surface area contributed by atoms with Crippen molar-refractivity contribution in [2.24, 2.45) is 0 Å². The van der Waals surface area contributed by atoms with Crippen molar-refractivity contribution in [3.05, 3.63) is 65.0 Å². The van der Waals surface area contributed by atoms with E-state index in [9.17, 15) is 17.6 Å². The van der Waals surface area contributed by atoms with Crippen LogP contribution < -0.4 is 9.62 Å². The predicted octanol–water partition coefficient (Wildman–Crippen LogP) is 3.48. The van der Waals surface area contributed by atoms with Crippen LogP contribution in [-0.2, 0) is 14.8 Å². The van der Waals surface area contributed by atoms with Crippen LogP contribution in [0.4, 0.5) is 10.1 Å². The molecule has 0 aliphatic rings. The number of rotatable bonds is 7. The van der Waals surface area contributed by atoms with Crippen LogP contribution >= 0.6 is 0 Å². The predicted molar refractivity (Wildman–Crippen MR) is 106 cm³/mol. The molecule has 0 saturated carbocycles. The van der Waals surface area contributed by atoms with Gasteiger partial charge in [-0.05, 0) is 61.2 Å². The fourth-order valence-corrected chi connectivity index (χ4v) is 3.64. The number of amides is 1. The largest absolute Gasteiger partial charge is 0.348 e. The zero-order valence-corrected chi connectivity index (χ0v) is 16.8. The van der Waals surface area contributed by atoms with Crippen LogP contribution in [0.25, 0.3) is 0 Å². The molecule has 0 spiro atoms. The summed E-state index contributed by atoms with van der Waals surface area (Å²) in [5.41, 5.74) is 3.51. The minimum atomic E-state index is -3.70. The van der Waals surface area contributed by atoms with Crippen molar-refractivity contribution < 1.29 is 17.6 Å². The highest BCUT2D eigenvalue weighted by molar-refractivity contribution is 7.92. The molecule has 0 aromatic heterocycles. The van der Waals surface area contributed by atoms with E-state index in [2.05, 4.69) is 5.32 Å². The summed E-state index contributed by atoms with van der Waals surface area (Å²) in [6.45, 7) is 5.61. The highest BCUT2D eigenvalue weighted by Gasteiger charge is 2.22. The molecule has 1 amide bonds. The summed E-state index contributed by atoms with van der Waals surface area (Å²) >= 11 is 0. The first-order valence-corrected chi connectivity index (χ1v) is 10.6. The average molecular weight is 392 g/mol. The van der Waals surface area contributed by atoms with E-state index < -0.39 is 21.7 Å². The molecule has 5 nitrogen and oxygen atoms in total. The zero-order chi connectivity index (χ0) is 20.2. The van der Waals surface area contributed by atoms with Gasteiger partial charge in [0.05, 0.1) is 18.0 Å². The molecule has 2 rings (SSSR count). The summed E-state index contributed by atoms with van der Waals surface area (Å²) in [5, 5.41) is 2.89. The Labute approximate surface area is 160 Å². The summed E-state index contributed by atoms with van der Waals surface area (Å²) in [6.07, 6.45) is 1.69. The molecule has 27 heavy (non-hydrogen) atoms. The van der Waals surface area contributed by atoms with E-state index in [0.717, 1.165) is 33.8 Å². The lowest BCUT2D eigenvalue weighted by Gasteiger charge is -2.24. The summed E-state index contributed by atoms with van der Waals surface area (Å²) < 4.78 is 38.3. The van der Waals surface area contributed by atoms with E-state index in [-0.39, 0.29) is 18.3 Å². The molecule has 0 unspecified atom stereocenters. The minimum absolute atomic E-state index is 0.216. The van der Waals surface area contributed by atoms with Crippen LogP contribution in [0.5, 0.6) is 0 Å². The molecule has 1 atom stereocenters.